The highest BCUT2D eigenvalue weighted by molar-refractivity contribution is 5.93. The van der Waals surface area contributed by atoms with Gasteiger partial charge in [0.05, 0.1) is 0 Å². The Bertz CT molecular complexity index is 584. The van der Waals surface area contributed by atoms with E-state index in [-0.39, 0.29) is 5.91 Å². The number of carbonyl (C=O) groups excluding carboxylic acids is 1. The zero-order chi connectivity index (χ0) is 12.5. The Balaban J connectivity index is 1.84. The van der Waals surface area contributed by atoms with Gasteiger partial charge in [0, 0.05) is 13.1 Å². The van der Waals surface area contributed by atoms with Gasteiger partial charge in [0.2, 0.25) is 0 Å². The molecular formula is C14H13N3O. The standard InChI is InChI=1S/C14H13N3O/c15-13-7-3-6-12(16-13)14(18)17-8-10-4-1-2-5-11(10)9-17/h1-7H,8-9H2,(H2,15,16). The Labute approximate surface area is 105 Å². The lowest BCUT2D eigenvalue weighted by Gasteiger charge is -2.14. The predicted octanol–water partition coefficient (Wildman–Crippen LogP) is 1.82. The third-order valence-electron chi connectivity index (χ3n) is 3.12. The van der Waals surface area contributed by atoms with E-state index in [2.05, 4.69) is 17.1 Å². The molecule has 4 nitrogen and oxygen atoms in total. The third kappa shape index (κ3) is 1.82. The van der Waals surface area contributed by atoms with Crippen LogP contribution in [0.1, 0.15) is 21.6 Å². The fourth-order valence-corrected chi connectivity index (χ4v) is 2.21. The first-order chi connectivity index (χ1) is 8.74. The van der Waals surface area contributed by atoms with E-state index >= 15 is 0 Å². The van der Waals surface area contributed by atoms with Crippen LogP contribution in [0.3, 0.4) is 0 Å². The van der Waals surface area contributed by atoms with E-state index < -0.39 is 0 Å². The van der Waals surface area contributed by atoms with Crippen molar-refractivity contribution in [3.8, 4) is 0 Å². The van der Waals surface area contributed by atoms with Gasteiger partial charge in [0.1, 0.15) is 11.5 Å². The molecule has 18 heavy (non-hydrogen) atoms. The van der Waals surface area contributed by atoms with Gasteiger partial charge in [-0.25, -0.2) is 4.98 Å². The van der Waals surface area contributed by atoms with Crippen LogP contribution in [0.4, 0.5) is 5.82 Å². The van der Waals surface area contributed by atoms with Gasteiger partial charge >= 0.3 is 0 Å². The maximum absolute atomic E-state index is 12.3. The summed E-state index contributed by atoms with van der Waals surface area (Å²) in [5, 5.41) is 0. The second kappa shape index (κ2) is 4.14. The SMILES string of the molecule is Nc1cccc(C(=O)N2Cc3ccccc3C2)n1. The topological polar surface area (TPSA) is 59.2 Å². The summed E-state index contributed by atoms with van der Waals surface area (Å²) >= 11 is 0. The first-order valence-electron chi connectivity index (χ1n) is 5.82. The minimum atomic E-state index is -0.0708. The van der Waals surface area contributed by atoms with Crippen molar-refractivity contribution < 1.29 is 4.79 Å². The lowest BCUT2D eigenvalue weighted by Crippen LogP contribution is -2.26. The average molecular weight is 239 g/mol. The van der Waals surface area contributed by atoms with Gasteiger partial charge < -0.3 is 10.6 Å². The van der Waals surface area contributed by atoms with Crippen molar-refractivity contribution in [2.75, 3.05) is 5.73 Å². The van der Waals surface area contributed by atoms with Gasteiger partial charge in [0.15, 0.2) is 0 Å². The number of carbonyl (C=O) groups is 1. The Morgan fingerprint density at radius 2 is 1.72 bits per heavy atom. The Morgan fingerprint density at radius 3 is 2.33 bits per heavy atom. The summed E-state index contributed by atoms with van der Waals surface area (Å²) in [7, 11) is 0. The van der Waals surface area contributed by atoms with Crippen molar-refractivity contribution in [2.45, 2.75) is 13.1 Å². The van der Waals surface area contributed by atoms with Crippen molar-refractivity contribution in [1.82, 2.24) is 9.88 Å². The van der Waals surface area contributed by atoms with Crippen LogP contribution in [0, 0.1) is 0 Å². The van der Waals surface area contributed by atoms with Gasteiger partial charge in [0.25, 0.3) is 5.91 Å². The van der Waals surface area contributed by atoms with Crippen molar-refractivity contribution in [3.05, 3.63) is 59.3 Å². The van der Waals surface area contributed by atoms with Crippen molar-refractivity contribution in [3.63, 3.8) is 0 Å². The second-order valence-electron chi connectivity index (χ2n) is 4.38. The van der Waals surface area contributed by atoms with Crippen molar-refractivity contribution >= 4 is 11.7 Å². The highest BCUT2D eigenvalue weighted by Gasteiger charge is 2.24. The van der Waals surface area contributed by atoms with Crippen molar-refractivity contribution in [1.29, 1.82) is 0 Å². The van der Waals surface area contributed by atoms with Crippen LogP contribution in [-0.2, 0) is 13.1 Å². The maximum Gasteiger partial charge on any atom is 0.273 e. The molecular weight excluding hydrogens is 226 g/mol. The molecule has 3 rings (SSSR count). The summed E-state index contributed by atoms with van der Waals surface area (Å²) in [4.78, 5) is 18.1. The largest absolute Gasteiger partial charge is 0.384 e. The fraction of sp³-hybridized carbons (Fsp3) is 0.143. The molecule has 90 valence electrons. The Kier molecular flexibility index (Phi) is 2.48. The molecule has 4 heteroatoms. The molecule has 0 saturated carbocycles. The molecule has 0 spiro atoms. The third-order valence-corrected chi connectivity index (χ3v) is 3.12. The smallest absolute Gasteiger partial charge is 0.273 e. The van der Waals surface area contributed by atoms with Gasteiger partial charge in [-0.2, -0.15) is 0 Å². The predicted molar refractivity (Wildman–Crippen MR) is 68.7 cm³/mol. The number of nitrogen functional groups attached to an aromatic ring is 1. The van der Waals surface area contributed by atoms with E-state index in [4.69, 9.17) is 5.73 Å². The quantitative estimate of drug-likeness (QED) is 0.825. The molecule has 1 aromatic heterocycles. The van der Waals surface area contributed by atoms with Crippen LogP contribution in [0.15, 0.2) is 42.5 Å². The zero-order valence-corrected chi connectivity index (χ0v) is 9.84. The number of nitrogens with zero attached hydrogens (tertiary/aromatic N) is 2. The first-order valence-corrected chi connectivity index (χ1v) is 5.82. The molecule has 0 atom stereocenters. The van der Waals surface area contributed by atoms with E-state index in [1.165, 1.54) is 11.1 Å². The zero-order valence-electron chi connectivity index (χ0n) is 9.84. The van der Waals surface area contributed by atoms with E-state index in [1.807, 2.05) is 12.1 Å². The highest BCUT2D eigenvalue weighted by Crippen LogP contribution is 2.23. The van der Waals surface area contributed by atoms with Gasteiger partial charge in [-0.15, -0.1) is 0 Å². The van der Waals surface area contributed by atoms with Gasteiger partial charge in [-0.05, 0) is 23.3 Å². The molecule has 1 aromatic carbocycles. The van der Waals surface area contributed by atoms with E-state index in [0.29, 0.717) is 24.6 Å². The first kappa shape index (κ1) is 10.8. The van der Waals surface area contributed by atoms with Crippen molar-refractivity contribution in [2.24, 2.45) is 0 Å². The summed E-state index contributed by atoms with van der Waals surface area (Å²) < 4.78 is 0. The molecule has 0 fully saturated rings. The van der Waals surface area contributed by atoms with E-state index in [1.54, 1.807) is 23.1 Å². The molecule has 0 aliphatic carbocycles. The van der Waals surface area contributed by atoms with Crippen LogP contribution in [0.5, 0.6) is 0 Å². The molecule has 0 bridgehead atoms. The van der Waals surface area contributed by atoms with Crippen LogP contribution in [-0.4, -0.2) is 15.8 Å². The summed E-state index contributed by atoms with van der Waals surface area (Å²) in [5.74, 6) is 0.302. The van der Waals surface area contributed by atoms with Crippen LogP contribution in [0.2, 0.25) is 0 Å². The van der Waals surface area contributed by atoms with Crippen LogP contribution in [0.25, 0.3) is 0 Å². The molecule has 2 aromatic rings. The molecule has 2 N–H and O–H groups in total. The minimum Gasteiger partial charge on any atom is -0.384 e. The number of benzene rings is 1. The molecule has 0 saturated heterocycles. The summed E-state index contributed by atoms with van der Waals surface area (Å²) in [5.41, 5.74) is 8.41. The lowest BCUT2D eigenvalue weighted by molar-refractivity contribution is 0.0745. The fourth-order valence-electron chi connectivity index (χ4n) is 2.21. The molecule has 1 amide bonds. The average Bonchev–Trinajstić information content (AvgIpc) is 2.81. The summed E-state index contributed by atoms with van der Waals surface area (Å²) in [6.07, 6.45) is 0. The molecule has 0 radical (unpaired) electrons. The number of pyridine rings is 1. The number of anilines is 1. The number of rotatable bonds is 1. The summed E-state index contributed by atoms with van der Waals surface area (Å²) in [6, 6.07) is 13.2. The monoisotopic (exact) mass is 239 g/mol. The molecule has 0 unspecified atom stereocenters. The van der Waals surface area contributed by atoms with Gasteiger partial charge in [-0.1, -0.05) is 30.3 Å². The van der Waals surface area contributed by atoms with E-state index in [9.17, 15) is 4.79 Å². The number of fused-ring (bicyclic) bond motifs is 1. The van der Waals surface area contributed by atoms with E-state index in [0.717, 1.165) is 0 Å². The molecule has 2 heterocycles. The number of nitrogens with two attached hydrogens (primary N) is 1. The number of amides is 1. The Hall–Kier alpha value is -2.36. The lowest BCUT2D eigenvalue weighted by atomic mass is 10.1. The summed E-state index contributed by atoms with van der Waals surface area (Å²) in [6.45, 7) is 1.29. The number of aromatic nitrogens is 1. The second-order valence-corrected chi connectivity index (χ2v) is 4.38. The normalized spacial score (nSPS) is 13.4. The number of hydrogen-bond donors (Lipinski definition) is 1. The van der Waals surface area contributed by atoms with Gasteiger partial charge in [-0.3, -0.25) is 4.79 Å². The number of hydrogen-bond acceptors (Lipinski definition) is 3. The van der Waals surface area contributed by atoms with Crippen LogP contribution < -0.4 is 5.73 Å². The minimum absolute atomic E-state index is 0.0708. The highest BCUT2D eigenvalue weighted by atomic mass is 16.2. The maximum atomic E-state index is 12.3. The molecule has 1 aliphatic heterocycles. The van der Waals surface area contributed by atoms with Crippen LogP contribution >= 0.6 is 0 Å². The molecule has 1 aliphatic rings. The Morgan fingerprint density at radius 1 is 1.06 bits per heavy atom.